The lowest BCUT2D eigenvalue weighted by molar-refractivity contribution is 0.649. The highest BCUT2D eigenvalue weighted by molar-refractivity contribution is 5.15. The van der Waals surface area contributed by atoms with Gasteiger partial charge in [-0.25, -0.2) is 0 Å². The lowest BCUT2D eigenvalue weighted by Gasteiger charge is -2.04. The predicted molar refractivity (Wildman–Crippen MR) is 71.7 cm³/mol. The average molecular weight is 224 g/mol. The molecule has 0 saturated carbocycles. The van der Waals surface area contributed by atoms with E-state index in [-0.39, 0.29) is 0 Å². The number of benzene rings is 2. The summed E-state index contributed by atoms with van der Waals surface area (Å²) in [5.41, 5.74) is 2.72. The van der Waals surface area contributed by atoms with Gasteiger partial charge in [0.15, 0.2) is 0 Å². The Bertz CT molecular complexity index is 367. The number of hydrogen-bond acceptors (Lipinski definition) is 1. The first-order valence-corrected chi connectivity index (χ1v) is 6.15. The summed E-state index contributed by atoms with van der Waals surface area (Å²) in [6.45, 7) is 2.02. The molecule has 0 aliphatic heterocycles. The van der Waals surface area contributed by atoms with Crippen LogP contribution >= 0.6 is 0 Å². The van der Waals surface area contributed by atoms with Crippen molar-refractivity contribution in [3.8, 4) is 0 Å². The van der Waals surface area contributed by atoms with Gasteiger partial charge in [0.25, 0.3) is 0 Å². The molecule has 0 spiro atoms. The molecule has 0 amide bonds. The van der Waals surface area contributed by atoms with E-state index in [2.05, 4.69) is 53.8 Å². The fourth-order valence-electron chi connectivity index (χ4n) is 1.83. The van der Waals surface area contributed by atoms with E-state index < -0.39 is 0 Å². The fourth-order valence-corrected chi connectivity index (χ4v) is 1.83. The van der Waals surface area contributed by atoms with Gasteiger partial charge in [-0.3, -0.25) is 0 Å². The summed E-state index contributed by atoms with van der Waals surface area (Å²) in [6.07, 6.45) is 2.30. The lowest BCUT2D eigenvalue weighted by atomic mass is 10.1. The smallest absolute Gasteiger partial charge is 0.0205 e. The van der Waals surface area contributed by atoms with E-state index in [0.717, 1.165) is 19.5 Å². The molecular formula is C16H18N. The molecule has 17 heavy (non-hydrogen) atoms. The van der Waals surface area contributed by atoms with Crippen LogP contribution in [0.1, 0.15) is 17.5 Å². The molecule has 0 atom stereocenters. The highest BCUT2D eigenvalue weighted by atomic mass is 14.8. The Morgan fingerprint density at radius 1 is 0.941 bits per heavy atom. The zero-order valence-electron chi connectivity index (χ0n) is 10.0. The van der Waals surface area contributed by atoms with Crippen molar-refractivity contribution in [2.24, 2.45) is 0 Å². The van der Waals surface area contributed by atoms with Crippen molar-refractivity contribution < 1.29 is 0 Å². The van der Waals surface area contributed by atoms with Gasteiger partial charge in [0.2, 0.25) is 0 Å². The maximum Gasteiger partial charge on any atom is 0.0205 e. The molecule has 0 aliphatic carbocycles. The largest absolute Gasteiger partial charge is 0.313 e. The third-order valence-corrected chi connectivity index (χ3v) is 2.76. The molecule has 1 heteroatoms. The summed E-state index contributed by atoms with van der Waals surface area (Å²) in [5, 5.41) is 3.46. The molecule has 0 bridgehead atoms. The molecule has 0 aliphatic rings. The van der Waals surface area contributed by atoms with Crippen molar-refractivity contribution in [2.75, 3.05) is 6.54 Å². The van der Waals surface area contributed by atoms with Crippen molar-refractivity contribution in [3.63, 3.8) is 0 Å². The predicted octanol–water partition coefficient (Wildman–Crippen LogP) is 3.21. The molecule has 0 saturated heterocycles. The van der Waals surface area contributed by atoms with Crippen LogP contribution in [0.2, 0.25) is 0 Å². The van der Waals surface area contributed by atoms with Crippen molar-refractivity contribution in [2.45, 2.75) is 19.4 Å². The van der Waals surface area contributed by atoms with Crippen molar-refractivity contribution in [1.82, 2.24) is 5.32 Å². The van der Waals surface area contributed by atoms with Crippen LogP contribution in [0.5, 0.6) is 0 Å². The minimum absolute atomic E-state index is 0.960. The van der Waals surface area contributed by atoms with Gasteiger partial charge in [-0.1, -0.05) is 54.6 Å². The number of rotatable bonds is 6. The zero-order valence-corrected chi connectivity index (χ0v) is 10.0. The molecule has 0 fully saturated rings. The number of nitrogens with one attached hydrogen (secondary N) is 1. The normalized spacial score (nSPS) is 10.4. The van der Waals surface area contributed by atoms with Crippen molar-refractivity contribution in [3.05, 3.63) is 71.8 Å². The Balaban J connectivity index is 1.61. The molecule has 2 aromatic carbocycles. The molecule has 2 aromatic rings. The summed E-state index contributed by atoms with van der Waals surface area (Å²) in [6, 6.07) is 21.8. The Hall–Kier alpha value is -1.60. The van der Waals surface area contributed by atoms with Gasteiger partial charge >= 0.3 is 0 Å². The van der Waals surface area contributed by atoms with Crippen LogP contribution in [0.15, 0.2) is 54.6 Å². The second-order valence-corrected chi connectivity index (χ2v) is 4.18. The summed E-state index contributed by atoms with van der Waals surface area (Å²) >= 11 is 0. The van der Waals surface area contributed by atoms with E-state index in [4.69, 9.17) is 0 Å². The van der Waals surface area contributed by atoms with E-state index in [1.54, 1.807) is 0 Å². The molecule has 1 radical (unpaired) electrons. The Morgan fingerprint density at radius 2 is 1.76 bits per heavy atom. The molecule has 1 N–H and O–H groups in total. The van der Waals surface area contributed by atoms with Gasteiger partial charge in [-0.2, -0.15) is 0 Å². The van der Waals surface area contributed by atoms with Gasteiger partial charge in [0.05, 0.1) is 0 Å². The van der Waals surface area contributed by atoms with Crippen LogP contribution in [-0.4, -0.2) is 6.54 Å². The van der Waals surface area contributed by atoms with Crippen LogP contribution in [0.4, 0.5) is 0 Å². The van der Waals surface area contributed by atoms with Crippen LogP contribution in [0, 0.1) is 6.07 Å². The second-order valence-electron chi connectivity index (χ2n) is 4.18. The first kappa shape index (κ1) is 11.9. The monoisotopic (exact) mass is 224 g/mol. The van der Waals surface area contributed by atoms with Crippen LogP contribution in [0.3, 0.4) is 0 Å². The Morgan fingerprint density at radius 3 is 2.53 bits per heavy atom. The number of hydrogen-bond donors (Lipinski definition) is 1. The maximum atomic E-state index is 3.46. The van der Waals surface area contributed by atoms with E-state index in [1.807, 2.05) is 12.1 Å². The van der Waals surface area contributed by atoms with Crippen molar-refractivity contribution in [1.29, 1.82) is 0 Å². The Labute approximate surface area is 103 Å². The minimum atomic E-state index is 0.960. The maximum absolute atomic E-state index is 3.46. The van der Waals surface area contributed by atoms with Crippen LogP contribution in [0.25, 0.3) is 0 Å². The second kappa shape index (κ2) is 6.87. The van der Waals surface area contributed by atoms with Crippen molar-refractivity contribution >= 4 is 0 Å². The third kappa shape index (κ3) is 4.41. The highest BCUT2D eigenvalue weighted by Crippen LogP contribution is 2.01. The van der Waals surface area contributed by atoms with E-state index in [0.29, 0.717) is 0 Å². The quantitative estimate of drug-likeness (QED) is 0.743. The molecule has 87 valence electrons. The lowest BCUT2D eigenvalue weighted by Crippen LogP contribution is -2.15. The molecule has 0 unspecified atom stereocenters. The van der Waals surface area contributed by atoms with Gasteiger partial charge < -0.3 is 5.32 Å². The van der Waals surface area contributed by atoms with Gasteiger partial charge in [-0.05, 0) is 36.6 Å². The highest BCUT2D eigenvalue weighted by Gasteiger charge is 1.93. The summed E-state index contributed by atoms with van der Waals surface area (Å²) < 4.78 is 0. The van der Waals surface area contributed by atoms with Gasteiger partial charge in [-0.15, -0.1) is 0 Å². The summed E-state index contributed by atoms with van der Waals surface area (Å²) in [5.74, 6) is 0. The van der Waals surface area contributed by atoms with Gasteiger partial charge in [0.1, 0.15) is 0 Å². The topological polar surface area (TPSA) is 12.0 Å². The van der Waals surface area contributed by atoms with E-state index >= 15 is 0 Å². The summed E-state index contributed by atoms with van der Waals surface area (Å²) in [7, 11) is 0. The zero-order chi connectivity index (χ0) is 11.8. The number of aryl methyl sites for hydroxylation is 1. The van der Waals surface area contributed by atoms with Crippen LogP contribution < -0.4 is 5.32 Å². The Kier molecular flexibility index (Phi) is 4.80. The molecule has 0 heterocycles. The SMILES string of the molecule is [c]1cccc(CCCNCc2ccccc2)c1. The first-order chi connectivity index (χ1) is 8.45. The molecular weight excluding hydrogens is 206 g/mol. The van der Waals surface area contributed by atoms with E-state index in [1.165, 1.54) is 17.5 Å². The van der Waals surface area contributed by atoms with Gasteiger partial charge in [0, 0.05) is 6.54 Å². The molecule has 2 rings (SSSR count). The summed E-state index contributed by atoms with van der Waals surface area (Å²) in [4.78, 5) is 0. The third-order valence-electron chi connectivity index (χ3n) is 2.76. The van der Waals surface area contributed by atoms with Crippen LogP contribution in [-0.2, 0) is 13.0 Å². The fraction of sp³-hybridized carbons (Fsp3) is 0.250. The standard InChI is InChI=1S/C16H18N/c1-3-8-15(9-4-1)12-7-13-17-14-16-10-5-2-6-11-16/h1-3,5-6,8-11,17H,7,12-14H2. The average Bonchev–Trinajstić information content (AvgIpc) is 2.41. The molecule has 1 nitrogen and oxygen atoms in total. The minimum Gasteiger partial charge on any atom is -0.313 e. The molecule has 0 aromatic heterocycles. The first-order valence-electron chi connectivity index (χ1n) is 6.15. The van der Waals surface area contributed by atoms with E-state index in [9.17, 15) is 0 Å².